The summed E-state index contributed by atoms with van der Waals surface area (Å²) in [5, 5.41) is 0. The quantitative estimate of drug-likeness (QED) is 0.794. The van der Waals surface area contributed by atoms with Crippen molar-refractivity contribution < 1.29 is 12.6 Å². The van der Waals surface area contributed by atoms with Crippen LogP contribution in [-0.4, -0.2) is 15.0 Å². The highest BCUT2D eigenvalue weighted by molar-refractivity contribution is 7.86. The Hall–Kier alpha value is -1.65. The number of hydrogen-bond donors (Lipinski definition) is 0. The molecule has 106 valence electrons. The maximum atomic E-state index is 12.0. The fraction of sp³-hybridized carbons (Fsp3) is 0.250. The lowest BCUT2D eigenvalue weighted by molar-refractivity contribution is 0.322. The SMILES string of the molecule is Cc1ccc(CCOS(=O)(=O)c2ccc(C)cc2)cc1. The van der Waals surface area contributed by atoms with Gasteiger partial charge in [-0.3, -0.25) is 4.18 Å². The van der Waals surface area contributed by atoms with Gasteiger partial charge in [0.1, 0.15) is 0 Å². The van der Waals surface area contributed by atoms with E-state index < -0.39 is 10.1 Å². The van der Waals surface area contributed by atoms with Crippen molar-refractivity contribution in [3.63, 3.8) is 0 Å². The number of benzene rings is 2. The minimum Gasteiger partial charge on any atom is -0.266 e. The predicted molar refractivity (Wildman–Crippen MR) is 79.2 cm³/mol. The summed E-state index contributed by atoms with van der Waals surface area (Å²) in [7, 11) is -3.66. The van der Waals surface area contributed by atoms with Crippen LogP contribution in [0.4, 0.5) is 0 Å². The molecule has 0 atom stereocenters. The fourth-order valence-electron chi connectivity index (χ4n) is 1.80. The van der Waals surface area contributed by atoms with Crippen molar-refractivity contribution in [2.75, 3.05) is 6.61 Å². The maximum absolute atomic E-state index is 12.0. The first kappa shape index (κ1) is 14.8. The molecule has 0 spiro atoms. The van der Waals surface area contributed by atoms with Crippen molar-refractivity contribution in [3.8, 4) is 0 Å². The van der Waals surface area contributed by atoms with Crippen molar-refractivity contribution in [1.82, 2.24) is 0 Å². The molecule has 0 radical (unpaired) electrons. The van der Waals surface area contributed by atoms with Crippen LogP contribution < -0.4 is 0 Å². The van der Waals surface area contributed by atoms with Gasteiger partial charge in [-0.15, -0.1) is 0 Å². The third-order valence-corrected chi connectivity index (χ3v) is 4.39. The number of rotatable bonds is 5. The highest BCUT2D eigenvalue weighted by Crippen LogP contribution is 2.14. The molecule has 0 N–H and O–H groups in total. The summed E-state index contributed by atoms with van der Waals surface area (Å²) in [4.78, 5) is 0.201. The predicted octanol–water partition coefficient (Wildman–Crippen LogP) is 3.25. The molecule has 0 aliphatic carbocycles. The van der Waals surface area contributed by atoms with Crippen molar-refractivity contribution in [1.29, 1.82) is 0 Å². The zero-order valence-corrected chi connectivity index (χ0v) is 12.5. The molecule has 20 heavy (non-hydrogen) atoms. The summed E-state index contributed by atoms with van der Waals surface area (Å²) >= 11 is 0. The highest BCUT2D eigenvalue weighted by atomic mass is 32.2. The van der Waals surface area contributed by atoms with Gasteiger partial charge in [-0.05, 0) is 38.0 Å². The summed E-state index contributed by atoms with van der Waals surface area (Å²) in [6.07, 6.45) is 0.575. The van der Waals surface area contributed by atoms with Gasteiger partial charge in [0.05, 0.1) is 11.5 Å². The molecule has 0 unspecified atom stereocenters. The second-order valence-corrected chi connectivity index (χ2v) is 6.44. The van der Waals surface area contributed by atoms with Crippen LogP contribution in [-0.2, 0) is 20.7 Å². The standard InChI is InChI=1S/C16H18O3S/c1-13-3-7-15(8-4-13)11-12-19-20(17,18)16-9-5-14(2)6-10-16/h3-10H,11-12H2,1-2H3. The lowest BCUT2D eigenvalue weighted by Gasteiger charge is -2.06. The molecule has 2 rings (SSSR count). The molecular formula is C16H18O3S. The Morgan fingerprint density at radius 1 is 0.850 bits per heavy atom. The molecule has 0 amide bonds. The first-order valence-corrected chi connectivity index (χ1v) is 7.90. The Balaban J connectivity index is 1.96. The first-order valence-electron chi connectivity index (χ1n) is 6.49. The van der Waals surface area contributed by atoms with Crippen LogP contribution in [0.2, 0.25) is 0 Å². The zero-order valence-electron chi connectivity index (χ0n) is 11.7. The van der Waals surface area contributed by atoms with Gasteiger partial charge in [-0.1, -0.05) is 47.5 Å². The summed E-state index contributed by atoms with van der Waals surface area (Å²) in [6, 6.07) is 14.6. The van der Waals surface area contributed by atoms with E-state index in [0.29, 0.717) is 6.42 Å². The Morgan fingerprint density at radius 2 is 1.35 bits per heavy atom. The van der Waals surface area contributed by atoms with E-state index in [0.717, 1.165) is 11.1 Å². The number of aryl methyl sites for hydroxylation is 2. The largest absolute Gasteiger partial charge is 0.296 e. The van der Waals surface area contributed by atoms with Crippen LogP contribution in [0.1, 0.15) is 16.7 Å². The van der Waals surface area contributed by atoms with E-state index in [4.69, 9.17) is 4.18 Å². The fourth-order valence-corrected chi connectivity index (χ4v) is 2.71. The molecule has 0 heterocycles. The average Bonchev–Trinajstić information content (AvgIpc) is 2.41. The molecular weight excluding hydrogens is 272 g/mol. The monoisotopic (exact) mass is 290 g/mol. The van der Waals surface area contributed by atoms with Gasteiger partial charge in [-0.2, -0.15) is 8.42 Å². The molecule has 0 saturated carbocycles. The van der Waals surface area contributed by atoms with Crippen molar-refractivity contribution in [2.45, 2.75) is 25.2 Å². The number of hydrogen-bond acceptors (Lipinski definition) is 3. The van der Waals surface area contributed by atoms with E-state index in [9.17, 15) is 8.42 Å². The van der Waals surface area contributed by atoms with Crippen LogP contribution in [0.25, 0.3) is 0 Å². The molecule has 2 aromatic rings. The smallest absolute Gasteiger partial charge is 0.266 e. The topological polar surface area (TPSA) is 43.4 Å². The van der Waals surface area contributed by atoms with Crippen LogP contribution in [0.3, 0.4) is 0 Å². The lowest BCUT2D eigenvalue weighted by Crippen LogP contribution is -2.09. The van der Waals surface area contributed by atoms with Crippen LogP contribution in [0.5, 0.6) is 0 Å². The summed E-state index contributed by atoms with van der Waals surface area (Å²) < 4.78 is 29.0. The van der Waals surface area contributed by atoms with Gasteiger partial charge >= 0.3 is 0 Å². The lowest BCUT2D eigenvalue weighted by atomic mass is 10.1. The Morgan fingerprint density at radius 3 is 1.90 bits per heavy atom. The average molecular weight is 290 g/mol. The van der Waals surface area contributed by atoms with Gasteiger partial charge in [0.2, 0.25) is 0 Å². The third-order valence-electron chi connectivity index (χ3n) is 3.06. The Kier molecular flexibility index (Phi) is 4.57. The van der Waals surface area contributed by atoms with Gasteiger partial charge in [0.15, 0.2) is 0 Å². The van der Waals surface area contributed by atoms with E-state index in [1.165, 1.54) is 5.56 Å². The van der Waals surface area contributed by atoms with Crippen molar-refractivity contribution in [2.24, 2.45) is 0 Å². The van der Waals surface area contributed by atoms with Crippen molar-refractivity contribution in [3.05, 3.63) is 65.2 Å². The van der Waals surface area contributed by atoms with Crippen LogP contribution in [0, 0.1) is 13.8 Å². The van der Waals surface area contributed by atoms with Crippen molar-refractivity contribution >= 4 is 10.1 Å². The van der Waals surface area contributed by atoms with Gasteiger partial charge < -0.3 is 0 Å². The molecule has 0 aromatic heterocycles. The van der Waals surface area contributed by atoms with E-state index in [1.807, 2.05) is 38.1 Å². The highest BCUT2D eigenvalue weighted by Gasteiger charge is 2.14. The molecule has 0 aliphatic heterocycles. The Bertz CT molecular complexity index is 656. The Labute approximate surface area is 120 Å². The van der Waals surface area contributed by atoms with E-state index >= 15 is 0 Å². The second-order valence-electron chi connectivity index (χ2n) is 4.82. The van der Waals surface area contributed by atoms with Crippen LogP contribution in [0.15, 0.2) is 53.4 Å². The zero-order chi connectivity index (χ0) is 14.6. The molecule has 0 fully saturated rings. The summed E-state index contributed by atoms with van der Waals surface area (Å²) in [5.41, 5.74) is 3.26. The van der Waals surface area contributed by atoms with Gasteiger partial charge in [0, 0.05) is 0 Å². The molecule has 2 aromatic carbocycles. The molecule has 0 saturated heterocycles. The van der Waals surface area contributed by atoms with E-state index in [-0.39, 0.29) is 11.5 Å². The van der Waals surface area contributed by atoms with E-state index in [2.05, 4.69) is 0 Å². The summed E-state index contributed by atoms with van der Waals surface area (Å²) in [5.74, 6) is 0. The summed E-state index contributed by atoms with van der Waals surface area (Å²) in [6.45, 7) is 4.08. The molecule has 0 aliphatic rings. The minimum atomic E-state index is -3.66. The molecule has 3 nitrogen and oxygen atoms in total. The van der Waals surface area contributed by atoms with Crippen LogP contribution >= 0.6 is 0 Å². The van der Waals surface area contributed by atoms with Gasteiger partial charge in [-0.25, -0.2) is 0 Å². The second kappa shape index (κ2) is 6.20. The minimum absolute atomic E-state index is 0.152. The first-order chi connectivity index (χ1) is 9.47. The van der Waals surface area contributed by atoms with E-state index in [1.54, 1.807) is 24.3 Å². The van der Waals surface area contributed by atoms with Gasteiger partial charge in [0.25, 0.3) is 10.1 Å². The maximum Gasteiger partial charge on any atom is 0.296 e. The normalized spacial score (nSPS) is 11.5. The molecule has 4 heteroatoms. The molecule has 0 bridgehead atoms. The third kappa shape index (κ3) is 3.92.